The number of H-pyrrole nitrogens is 2. The molecule has 12 atom stereocenters. The Bertz CT molecular complexity index is 2240. The van der Waals surface area contributed by atoms with Gasteiger partial charge >= 0.3 is 37.0 Å². The minimum atomic E-state index is -6.27. The van der Waals surface area contributed by atoms with Crippen molar-refractivity contribution in [3.8, 4) is 0 Å². The first-order valence-corrected chi connectivity index (χ1v) is 21.7. The molecule has 5 rings (SSSR count). The van der Waals surface area contributed by atoms with Crippen molar-refractivity contribution in [2.24, 2.45) is 5.73 Å². The van der Waals surface area contributed by atoms with Gasteiger partial charge in [-0.2, -0.15) is 17.9 Å². The minimum Gasteiger partial charge on any atom is -0.387 e. The van der Waals surface area contributed by atoms with E-state index in [1.807, 2.05) is 4.98 Å². The lowest BCUT2D eigenvalue weighted by molar-refractivity contribution is -0.0542. The SMILES string of the molecule is CN1CN([C@@H]2O[C@H](COP(=O)(O)OP(=O)(O)OP(=O)(O)OP(=O)(O)OC[C@H]3O[C@@H](n4cc(C=CCN)c(=O)[nH]c4=O)C(O)[C@H]3O)C(O)C2O)c2nc(N)[nH]c(=O)c21. The van der Waals surface area contributed by atoms with Crippen molar-refractivity contribution in [1.29, 1.82) is 0 Å². The van der Waals surface area contributed by atoms with Crippen molar-refractivity contribution in [3.05, 3.63) is 49.0 Å². The molecule has 0 spiro atoms. The van der Waals surface area contributed by atoms with Crippen molar-refractivity contribution in [3.63, 3.8) is 0 Å². The number of aliphatic hydroxyl groups excluding tert-OH is 4. The van der Waals surface area contributed by atoms with Crippen LogP contribution in [0, 0.1) is 0 Å². The van der Waals surface area contributed by atoms with Gasteiger partial charge < -0.3 is 70.7 Å². The number of phosphoric ester groups is 2. The summed E-state index contributed by atoms with van der Waals surface area (Å²) in [5, 5.41) is 42.0. The summed E-state index contributed by atoms with van der Waals surface area (Å²) in [5.74, 6) is -0.347. The molecule has 2 fully saturated rings. The second kappa shape index (κ2) is 16.9. The lowest BCUT2D eigenvalue weighted by atomic mass is 10.1. The number of anilines is 3. The first-order chi connectivity index (χ1) is 26.3. The number of phosphoric acid groups is 4. The molecule has 3 aliphatic rings. The van der Waals surface area contributed by atoms with E-state index in [1.54, 1.807) is 0 Å². The van der Waals surface area contributed by atoms with Gasteiger partial charge in [0.05, 0.1) is 25.4 Å². The molecule has 0 aliphatic carbocycles. The van der Waals surface area contributed by atoms with Crippen molar-refractivity contribution < 1.29 is 89.7 Å². The van der Waals surface area contributed by atoms with Gasteiger partial charge in [-0.05, 0) is 0 Å². The molecular formula is C23H36N8O22P4. The fourth-order valence-electron chi connectivity index (χ4n) is 5.61. The standard InChI is InChI=1S/C23H36N8O22P4/c1-29-8-31(17-12(29)19(37)27-22(25)26-17)21-16(35)14(33)11(50-21)7-48-55(41,42)52-57(45,46)53-56(43,44)51-54(39,40)47-6-10-13(32)15(34)20(49-10)30-5-9(3-2-4-24)18(36)28-23(30)38/h2-3,5,10-11,13-16,20-21,32-35H,4,6-8,24H2,1H3,(H,39,40)(H,41,42)(H,43,44)(H,45,46)(H,28,36,38)(H3,25,26,27,37)/t10-,11-,13+,14?,15?,16?,20-,21-/m1/s1. The number of fused-ring (bicyclic) bond motifs is 1. The van der Waals surface area contributed by atoms with E-state index in [4.69, 9.17) is 20.9 Å². The molecule has 30 nitrogen and oxygen atoms in total. The van der Waals surface area contributed by atoms with Crippen LogP contribution in [0.15, 0.2) is 26.7 Å². The topological polar surface area (TPSA) is 454 Å². The molecule has 5 heterocycles. The highest BCUT2D eigenvalue weighted by atomic mass is 31.3. The van der Waals surface area contributed by atoms with E-state index < -0.39 is 110 Å². The molecule has 320 valence electrons. The average molecular weight is 900 g/mol. The molecule has 14 N–H and O–H groups in total. The fourth-order valence-corrected chi connectivity index (χ4v) is 10.6. The molecule has 0 aromatic carbocycles. The normalized spacial score (nSPS) is 30.6. The highest BCUT2D eigenvalue weighted by Gasteiger charge is 2.51. The fraction of sp³-hybridized carbons (Fsp3) is 0.565. The van der Waals surface area contributed by atoms with Gasteiger partial charge in [0.15, 0.2) is 18.3 Å². The van der Waals surface area contributed by atoms with Crippen LogP contribution < -0.4 is 38.1 Å². The molecule has 34 heteroatoms. The summed E-state index contributed by atoms with van der Waals surface area (Å²) < 4.78 is 81.7. The smallest absolute Gasteiger partial charge is 0.387 e. The van der Waals surface area contributed by atoms with Crippen LogP contribution in [0.2, 0.25) is 0 Å². The van der Waals surface area contributed by atoms with E-state index in [2.05, 4.69) is 31.9 Å². The molecule has 0 bridgehead atoms. The number of hydrogen-bond acceptors (Lipinski definition) is 23. The van der Waals surface area contributed by atoms with Crippen LogP contribution in [-0.2, 0) is 49.7 Å². The molecule has 3 aliphatic heterocycles. The third-order valence-corrected chi connectivity index (χ3v) is 13.9. The summed E-state index contributed by atoms with van der Waals surface area (Å²) in [4.78, 5) is 87.3. The number of ether oxygens (including phenoxy) is 2. The summed E-state index contributed by atoms with van der Waals surface area (Å²) in [7, 11) is -22.7. The largest absolute Gasteiger partial charge is 0.490 e. The molecule has 2 aromatic rings. The quantitative estimate of drug-likeness (QED) is 0.0708. The molecule has 0 radical (unpaired) electrons. The van der Waals surface area contributed by atoms with Crippen molar-refractivity contribution in [2.45, 2.75) is 49.1 Å². The van der Waals surface area contributed by atoms with E-state index in [0.29, 0.717) is 4.57 Å². The zero-order chi connectivity index (χ0) is 42.4. The van der Waals surface area contributed by atoms with Crippen LogP contribution in [-0.4, -0.2) is 136 Å². The van der Waals surface area contributed by atoms with Gasteiger partial charge in [-0.25, -0.2) is 23.1 Å². The number of nitrogen functional groups attached to an aromatic ring is 1. The van der Waals surface area contributed by atoms with Gasteiger partial charge in [-0.1, -0.05) is 12.2 Å². The Hall–Kier alpha value is -3.02. The van der Waals surface area contributed by atoms with Crippen molar-refractivity contribution in [1.82, 2.24) is 19.5 Å². The van der Waals surface area contributed by atoms with Crippen LogP contribution >= 0.6 is 31.3 Å². The lowest BCUT2D eigenvalue weighted by Crippen LogP contribution is -2.45. The summed E-state index contributed by atoms with van der Waals surface area (Å²) in [5.41, 5.74) is 8.27. The van der Waals surface area contributed by atoms with Crippen LogP contribution in [0.25, 0.3) is 6.08 Å². The van der Waals surface area contributed by atoms with Crippen molar-refractivity contribution in [2.75, 3.05) is 49.0 Å². The number of nitrogens with zero attached hydrogens (tertiary/aromatic N) is 4. The molecule has 2 saturated heterocycles. The minimum absolute atomic E-state index is 0.0134. The van der Waals surface area contributed by atoms with Gasteiger partial charge in [0.1, 0.15) is 42.3 Å². The first kappa shape index (κ1) is 45.1. The van der Waals surface area contributed by atoms with Gasteiger partial charge in [0.2, 0.25) is 5.95 Å². The molecule has 0 amide bonds. The molecule has 57 heavy (non-hydrogen) atoms. The number of hydrogen-bond donors (Lipinski definition) is 12. The summed E-state index contributed by atoms with van der Waals surface area (Å²) >= 11 is 0. The Balaban J connectivity index is 1.15. The van der Waals surface area contributed by atoms with Crippen LogP contribution in [0.3, 0.4) is 0 Å². The van der Waals surface area contributed by atoms with E-state index in [1.165, 1.54) is 29.0 Å². The van der Waals surface area contributed by atoms with E-state index >= 15 is 0 Å². The van der Waals surface area contributed by atoms with Gasteiger partial charge in [-0.15, -0.1) is 0 Å². The number of nitrogens with two attached hydrogens (primary N) is 2. The number of aromatic amines is 2. The van der Waals surface area contributed by atoms with E-state index in [9.17, 15) is 72.6 Å². The zero-order valence-electron chi connectivity index (χ0n) is 28.7. The Labute approximate surface area is 316 Å². The highest BCUT2D eigenvalue weighted by molar-refractivity contribution is 7.69. The Morgan fingerprint density at radius 2 is 1.33 bits per heavy atom. The van der Waals surface area contributed by atoms with Gasteiger partial charge in [0.25, 0.3) is 11.1 Å². The highest BCUT2D eigenvalue weighted by Crippen LogP contribution is 2.71. The molecule has 7 unspecified atom stereocenters. The monoisotopic (exact) mass is 900 g/mol. The number of nitrogens with one attached hydrogen (secondary N) is 2. The predicted octanol–water partition coefficient (Wildman–Crippen LogP) is -4.36. The maximum absolute atomic E-state index is 12.5. The summed E-state index contributed by atoms with van der Waals surface area (Å²) in [6.45, 7) is -2.50. The lowest BCUT2D eigenvalue weighted by Gasteiger charge is -2.27. The van der Waals surface area contributed by atoms with Gasteiger partial charge in [-0.3, -0.25) is 33.2 Å². The van der Waals surface area contributed by atoms with Crippen LogP contribution in [0.4, 0.5) is 17.5 Å². The predicted molar refractivity (Wildman–Crippen MR) is 185 cm³/mol. The van der Waals surface area contributed by atoms with E-state index in [0.717, 1.165) is 6.20 Å². The average Bonchev–Trinajstić information content (AvgIpc) is 3.66. The number of rotatable bonds is 16. The number of aliphatic hydroxyl groups is 4. The zero-order valence-corrected chi connectivity index (χ0v) is 32.3. The molecule has 0 saturated carbocycles. The second-order valence-corrected chi connectivity index (χ2v) is 18.3. The van der Waals surface area contributed by atoms with Crippen LogP contribution in [0.5, 0.6) is 0 Å². The first-order valence-electron chi connectivity index (χ1n) is 15.7. The van der Waals surface area contributed by atoms with Crippen molar-refractivity contribution >= 4 is 54.8 Å². The third-order valence-electron chi connectivity index (χ3n) is 8.02. The number of aromatic nitrogens is 4. The summed E-state index contributed by atoms with van der Waals surface area (Å²) in [6.07, 6.45) is -10.6. The maximum atomic E-state index is 12.5. The summed E-state index contributed by atoms with van der Waals surface area (Å²) in [6, 6.07) is 0. The second-order valence-electron chi connectivity index (χ2n) is 12.1. The Morgan fingerprint density at radius 1 is 0.825 bits per heavy atom. The molecular weight excluding hydrogens is 864 g/mol. The Morgan fingerprint density at radius 3 is 1.88 bits per heavy atom. The van der Waals surface area contributed by atoms with Crippen LogP contribution in [0.1, 0.15) is 11.8 Å². The molecule has 2 aromatic heterocycles. The maximum Gasteiger partial charge on any atom is 0.490 e. The third kappa shape index (κ3) is 10.4. The van der Waals surface area contributed by atoms with E-state index in [-0.39, 0.29) is 36.2 Å². The Kier molecular flexibility index (Phi) is 13.4. The van der Waals surface area contributed by atoms with Gasteiger partial charge in [0, 0.05) is 19.8 Å².